The van der Waals surface area contributed by atoms with Crippen molar-refractivity contribution in [3.8, 4) is 0 Å². The number of rotatable bonds is 17. The zero-order valence-electron chi connectivity index (χ0n) is 19.6. The summed E-state index contributed by atoms with van der Waals surface area (Å²) in [7, 11) is -1.52. The van der Waals surface area contributed by atoms with E-state index >= 15 is 0 Å². The van der Waals surface area contributed by atoms with Gasteiger partial charge in [0.25, 0.3) is 0 Å². The molecule has 0 bridgehead atoms. The zero-order chi connectivity index (χ0) is 19.9. The van der Waals surface area contributed by atoms with Crippen LogP contribution in [0.3, 0.4) is 0 Å². The Morgan fingerprint density at radius 2 is 1.12 bits per heavy atom. The lowest BCUT2D eigenvalue weighted by molar-refractivity contribution is 0.277. The van der Waals surface area contributed by atoms with E-state index in [0.717, 1.165) is 12.5 Å². The summed E-state index contributed by atoms with van der Waals surface area (Å²) < 4.78 is 6.25. The van der Waals surface area contributed by atoms with Gasteiger partial charge in [0, 0.05) is 6.61 Å². The molecular formula is C24H52OSi. The molecule has 26 heavy (non-hydrogen) atoms. The number of hydrogen-bond acceptors (Lipinski definition) is 1. The molecule has 0 fully saturated rings. The molecule has 2 heteroatoms. The van der Waals surface area contributed by atoms with E-state index in [-0.39, 0.29) is 0 Å². The Bertz CT molecular complexity index is 306. The van der Waals surface area contributed by atoms with E-state index in [0.29, 0.717) is 5.04 Å². The normalized spacial score (nSPS) is 14.0. The number of unbranched alkanes of at least 4 members (excludes halogenated alkanes) is 10. The lowest BCUT2D eigenvalue weighted by Crippen LogP contribution is -2.40. The second-order valence-corrected chi connectivity index (χ2v) is 15.0. The van der Waals surface area contributed by atoms with E-state index < -0.39 is 8.32 Å². The van der Waals surface area contributed by atoms with Gasteiger partial charge in [0.2, 0.25) is 0 Å². The fraction of sp³-hybridized carbons (Fsp3) is 1.00. The Labute approximate surface area is 168 Å². The summed E-state index contributed by atoms with van der Waals surface area (Å²) in [6.45, 7) is 17.4. The summed E-state index contributed by atoms with van der Waals surface area (Å²) in [5, 5.41) is 0.348. The van der Waals surface area contributed by atoms with Gasteiger partial charge in [-0.1, -0.05) is 118 Å². The van der Waals surface area contributed by atoms with E-state index in [1.165, 1.54) is 89.9 Å². The molecule has 0 amide bonds. The molecule has 0 saturated carbocycles. The van der Waals surface area contributed by atoms with Crippen LogP contribution in [-0.2, 0) is 4.43 Å². The average molecular weight is 385 g/mol. The summed E-state index contributed by atoms with van der Waals surface area (Å²) in [6, 6.07) is 0. The van der Waals surface area contributed by atoms with Crippen LogP contribution in [0.1, 0.15) is 125 Å². The van der Waals surface area contributed by atoms with Gasteiger partial charge >= 0.3 is 0 Å². The highest BCUT2D eigenvalue weighted by Crippen LogP contribution is 2.36. The van der Waals surface area contributed by atoms with Crippen molar-refractivity contribution in [3.05, 3.63) is 0 Å². The summed E-state index contributed by atoms with van der Waals surface area (Å²) in [5.74, 6) is 0.954. The Hall–Kier alpha value is 0.177. The van der Waals surface area contributed by atoms with E-state index in [2.05, 4.69) is 47.7 Å². The maximum Gasteiger partial charge on any atom is 0.191 e. The summed E-state index contributed by atoms with van der Waals surface area (Å²) in [4.78, 5) is 0. The minimum atomic E-state index is -1.52. The largest absolute Gasteiger partial charge is 0.417 e. The monoisotopic (exact) mass is 384 g/mol. The van der Waals surface area contributed by atoms with E-state index in [9.17, 15) is 0 Å². The van der Waals surface area contributed by atoms with Crippen molar-refractivity contribution in [2.24, 2.45) is 5.92 Å². The van der Waals surface area contributed by atoms with E-state index in [1.807, 2.05) is 0 Å². The molecule has 158 valence electrons. The van der Waals surface area contributed by atoms with Crippen LogP contribution < -0.4 is 0 Å². The van der Waals surface area contributed by atoms with Gasteiger partial charge in [-0.05, 0) is 30.5 Å². The van der Waals surface area contributed by atoms with Gasteiger partial charge in [0.15, 0.2) is 8.32 Å². The summed E-state index contributed by atoms with van der Waals surface area (Å²) in [6.07, 6.45) is 19.8. The summed E-state index contributed by atoms with van der Waals surface area (Å²) in [5.41, 5.74) is 0. The highest BCUT2D eigenvalue weighted by atomic mass is 28.4. The molecule has 0 aliphatic heterocycles. The first-order valence-electron chi connectivity index (χ1n) is 11.8. The van der Waals surface area contributed by atoms with Crippen LogP contribution in [0.25, 0.3) is 0 Å². The minimum absolute atomic E-state index is 0.348. The topological polar surface area (TPSA) is 9.23 Å². The van der Waals surface area contributed by atoms with Gasteiger partial charge in [0.05, 0.1) is 0 Å². The molecule has 1 nitrogen and oxygen atoms in total. The third kappa shape index (κ3) is 14.3. The molecule has 0 heterocycles. The zero-order valence-corrected chi connectivity index (χ0v) is 20.6. The average Bonchev–Trinajstić information content (AvgIpc) is 2.56. The Morgan fingerprint density at radius 3 is 1.58 bits per heavy atom. The Kier molecular flexibility index (Phi) is 15.2. The van der Waals surface area contributed by atoms with Gasteiger partial charge in [-0.3, -0.25) is 0 Å². The van der Waals surface area contributed by atoms with Crippen molar-refractivity contribution in [3.63, 3.8) is 0 Å². The first-order valence-corrected chi connectivity index (χ1v) is 14.8. The summed E-state index contributed by atoms with van der Waals surface area (Å²) >= 11 is 0. The van der Waals surface area contributed by atoms with Crippen LogP contribution in [0, 0.1) is 5.92 Å². The first-order chi connectivity index (χ1) is 12.2. The van der Waals surface area contributed by atoms with Gasteiger partial charge in [-0.2, -0.15) is 0 Å². The maximum absolute atomic E-state index is 6.25. The van der Waals surface area contributed by atoms with Crippen molar-refractivity contribution in [1.82, 2.24) is 0 Å². The van der Waals surface area contributed by atoms with Crippen molar-refractivity contribution >= 4 is 8.32 Å². The molecule has 0 aromatic carbocycles. The fourth-order valence-electron chi connectivity index (χ4n) is 3.25. The molecule has 0 aliphatic rings. The molecule has 0 aliphatic carbocycles. The molecule has 0 rings (SSSR count). The minimum Gasteiger partial charge on any atom is -0.417 e. The second kappa shape index (κ2) is 15.1. The highest BCUT2D eigenvalue weighted by Gasteiger charge is 2.36. The third-order valence-corrected chi connectivity index (χ3v) is 10.9. The van der Waals surface area contributed by atoms with Gasteiger partial charge in [0.1, 0.15) is 0 Å². The Balaban J connectivity index is 3.30. The quantitative estimate of drug-likeness (QED) is 0.179. The molecular weight excluding hydrogens is 332 g/mol. The van der Waals surface area contributed by atoms with Crippen molar-refractivity contribution in [2.75, 3.05) is 6.61 Å². The van der Waals surface area contributed by atoms with Crippen molar-refractivity contribution < 1.29 is 4.43 Å². The van der Waals surface area contributed by atoms with Crippen LogP contribution in [0.2, 0.25) is 18.1 Å². The van der Waals surface area contributed by atoms with E-state index in [1.54, 1.807) is 0 Å². The molecule has 0 unspecified atom stereocenters. The van der Waals surface area contributed by atoms with Crippen LogP contribution in [-0.4, -0.2) is 14.9 Å². The fourth-order valence-corrected chi connectivity index (χ4v) is 4.34. The standard InChI is InChI=1S/C24H52OSi/c1-8-9-20-23(2)21-18-16-14-12-10-11-13-15-17-19-22-25-26(6,7)24(3,4)5/h23H,8-22H2,1-7H3/t23-/m0/s1. The SMILES string of the molecule is CCCC[C@H](C)CCCCCCCCCCCCO[Si](C)(C)C(C)(C)C. The molecule has 0 aromatic rings. The number of hydrogen-bond donors (Lipinski definition) is 0. The second-order valence-electron chi connectivity index (χ2n) is 10.2. The Morgan fingerprint density at radius 1 is 0.692 bits per heavy atom. The third-order valence-electron chi connectivity index (χ3n) is 6.41. The maximum atomic E-state index is 6.25. The van der Waals surface area contributed by atoms with Crippen LogP contribution in [0.15, 0.2) is 0 Å². The van der Waals surface area contributed by atoms with Crippen molar-refractivity contribution in [2.45, 2.75) is 143 Å². The van der Waals surface area contributed by atoms with Gasteiger partial charge in [-0.15, -0.1) is 0 Å². The molecule has 0 N–H and O–H groups in total. The predicted octanol–water partition coefficient (Wildman–Crippen LogP) is 9.13. The molecule has 0 spiro atoms. The van der Waals surface area contributed by atoms with Gasteiger partial charge in [-0.25, -0.2) is 0 Å². The van der Waals surface area contributed by atoms with Crippen LogP contribution in [0.4, 0.5) is 0 Å². The van der Waals surface area contributed by atoms with Crippen LogP contribution in [0.5, 0.6) is 0 Å². The first kappa shape index (κ1) is 26.2. The molecule has 0 aromatic heterocycles. The predicted molar refractivity (Wildman–Crippen MR) is 123 cm³/mol. The lowest BCUT2D eigenvalue weighted by Gasteiger charge is -2.36. The van der Waals surface area contributed by atoms with Crippen molar-refractivity contribution in [1.29, 1.82) is 0 Å². The van der Waals surface area contributed by atoms with Gasteiger partial charge < -0.3 is 4.43 Å². The highest BCUT2D eigenvalue weighted by molar-refractivity contribution is 6.74. The molecule has 1 atom stereocenters. The van der Waals surface area contributed by atoms with E-state index in [4.69, 9.17) is 4.43 Å². The van der Waals surface area contributed by atoms with Crippen LogP contribution >= 0.6 is 0 Å². The molecule has 0 saturated heterocycles. The molecule has 0 radical (unpaired) electrons. The smallest absolute Gasteiger partial charge is 0.191 e. The lowest BCUT2D eigenvalue weighted by atomic mass is 9.97.